The SMILES string of the molecule is CCOC(=O)c1c(NC(=O)/C=C\c2ccccc2)sc2c1CCN(Cc1ccccc1)C2. The van der Waals surface area contributed by atoms with Crippen molar-refractivity contribution in [1.29, 1.82) is 0 Å². The Bertz CT molecular complexity index is 1110. The zero-order valence-electron chi connectivity index (χ0n) is 18.0. The van der Waals surface area contributed by atoms with E-state index < -0.39 is 0 Å². The molecule has 0 bridgehead atoms. The number of nitrogens with one attached hydrogen (secondary N) is 1. The fraction of sp³-hybridized carbons (Fsp3) is 0.231. The monoisotopic (exact) mass is 446 g/mol. The first-order chi connectivity index (χ1) is 15.6. The lowest BCUT2D eigenvalue weighted by atomic mass is 10.0. The number of anilines is 1. The number of amides is 1. The standard InChI is InChI=1S/C26H26N2O3S/c1-2-31-26(30)24-21-15-16-28(17-20-11-7-4-8-12-20)18-22(21)32-25(24)27-23(29)14-13-19-9-5-3-6-10-19/h3-14H,2,15-18H2,1H3,(H,27,29)/b14-13-. The number of ether oxygens (including phenoxy) is 1. The maximum atomic E-state index is 12.7. The van der Waals surface area contributed by atoms with E-state index in [-0.39, 0.29) is 11.9 Å². The summed E-state index contributed by atoms with van der Waals surface area (Å²) in [6.07, 6.45) is 4.00. The molecule has 0 unspecified atom stereocenters. The summed E-state index contributed by atoms with van der Waals surface area (Å²) in [6, 6.07) is 20.0. The van der Waals surface area contributed by atoms with Crippen LogP contribution < -0.4 is 5.32 Å². The molecule has 0 saturated carbocycles. The third-order valence-electron chi connectivity index (χ3n) is 5.33. The van der Waals surface area contributed by atoms with Crippen LogP contribution in [0.5, 0.6) is 0 Å². The second-order valence-corrected chi connectivity index (χ2v) is 8.71. The number of hydrogen-bond acceptors (Lipinski definition) is 5. The number of carbonyl (C=O) groups is 2. The van der Waals surface area contributed by atoms with Crippen molar-refractivity contribution in [3.05, 3.63) is 93.9 Å². The molecule has 1 amide bonds. The Morgan fingerprint density at radius 1 is 1.09 bits per heavy atom. The summed E-state index contributed by atoms with van der Waals surface area (Å²) in [5.74, 6) is -0.636. The van der Waals surface area contributed by atoms with Gasteiger partial charge in [0.1, 0.15) is 5.00 Å². The highest BCUT2D eigenvalue weighted by atomic mass is 32.1. The normalized spacial score (nSPS) is 13.7. The predicted octanol–water partition coefficient (Wildman–Crippen LogP) is 5.14. The van der Waals surface area contributed by atoms with Gasteiger partial charge in [0, 0.05) is 30.6 Å². The fourth-order valence-corrected chi connectivity index (χ4v) is 5.11. The number of rotatable bonds is 7. The van der Waals surface area contributed by atoms with E-state index in [0.717, 1.165) is 42.1 Å². The zero-order valence-corrected chi connectivity index (χ0v) is 18.9. The van der Waals surface area contributed by atoms with Gasteiger partial charge >= 0.3 is 5.97 Å². The molecule has 1 aliphatic rings. The van der Waals surface area contributed by atoms with Crippen molar-refractivity contribution < 1.29 is 14.3 Å². The van der Waals surface area contributed by atoms with Gasteiger partial charge in [-0.3, -0.25) is 9.69 Å². The van der Waals surface area contributed by atoms with Crippen LogP contribution in [0.1, 0.15) is 38.8 Å². The van der Waals surface area contributed by atoms with Crippen LogP contribution in [-0.4, -0.2) is 29.9 Å². The molecule has 5 nitrogen and oxygen atoms in total. The molecule has 4 rings (SSSR count). The maximum absolute atomic E-state index is 12.7. The van der Waals surface area contributed by atoms with Crippen molar-refractivity contribution in [2.24, 2.45) is 0 Å². The van der Waals surface area contributed by atoms with E-state index in [1.807, 2.05) is 48.5 Å². The second kappa shape index (κ2) is 10.4. The quantitative estimate of drug-likeness (QED) is 0.404. The van der Waals surface area contributed by atoms with E-state index in [4.69, 9.17) is 4.74 Å². The van der Waals surface area contributed by atoms with Gasteiger partial charge in [-0.1, -0.05) is 60.7 Å². The summed E-state index contributed by atoms with van der Waals surface area (Å²) in [6.45, 7) is 4.54. The summed E-state index contributed by atoms with van der Waals surface area (Å²) in [5.41, 5.74) is 3.71. The molecule has 0 fully saturated rings. The van der Waals surface area contributed by atoms with Crippen LogP contribution in [0.2, 0.25) is 0 Å². The molecular formula is C26H26N2O3S. The fourth-order valence-electron chi connectivity index (χ4n) is 3.83. The lowest BCUT2D eigenvalue weighted by molar-refractivity contribution is -0.111. The Kier molecular flexibility index (Phi) is 7.14. The summed E-state index contributed by atoms with van der Waals surface area (Å²) in [7, 11) is 0. The average Bonchev–Trinajstić information content (AvgIpc) is 3.16. The Hall–Kier alpha value is -3.22. The molecule has 0 radical (unpaired) electrons. The molecule has 0 aliphatic carbocycles. The van der Waals surface area contributed by atoms with Crippen molar-refractivity contribution in [2.75, 3.05) is 18.5 Å². The van der Waals surface area contributed by atoms with Crippen molar-refractivity contribution in [1.82, 2.24) is 4.90 Å². The largest absolute Gasteiger partial charge is 0.462 e. The van der Waals surface area contributed by atoms with E-state index in [2.05, 4.69) is 22.3 Å². The van der Waals surface area contributed by atoms with E-state index in [1.165, 1.54) is 23.0 Å². The average molecular weight is 447 g/mol. The van der Waals surface area contributed by atoms with Crippen LogP contribution in [0.4, 0.5) is 5.00 Å². The molecule has 2 aromatic carbocycles. The van der Waals surface area contributed by atoms with Gasteiger partial charge in [-0.25, -0.2) is 4.79 Å². The van der Waals surface area contributed by atoms with Gasteiger partial charge in [-0.05, 0) is 36.1 Å². The number of benzene rings is 2. The van der Waals surface area contributed by atoms with Gasteiger partial charge in [0.2, 0.25) is 5.91 Å². The number of esters is 1. The first-order valence-electron chi connectivity index (χ1n) is 10.8. The molecular weight excluding hydrogens is 420 g/mol. The van der Waals surface area contributed by atoms with Crippen LogP contribution in [0.3, 0.4) is 0 Å². The number of nitrogens with zero attached hydrogens (tertiary/aromatic N) is 1. The number of hydrogen-bond donors (Lipinski definition) is 1. The van der Waals surface area contributed by atoms with E-state index in [9.17, 15) is 9.59 Å². The third kappa shape index (κ3) is 5.33. The van der Waals surface area contributed by atoms with Crippen molar-refractivity contribution in [2.45, 2.75) is 26.4 Å². The second-order valence-electron chi connectivity index (χ2n) is 7.61. The Balaban J connectivity index is 1.53. The number of thiophene rings is 1. The smallest absolute Gasteiger partial charge is 0.341 e. The summed E-state index contributed by atoms with van der Waals surface area (Å²) in [5, 5.41) is 3.48. The lowest BCUT2D eigenvalue weighted by Gasteiger charge is -2.27. The highest BCUT2D eigenvalue weighted by molar-refractivity contribution is 7.17. The molecule has 3 aromatic rings. The van der Waals surface area contributed by atoms with Gasteiger partial charge in [0.25, 0.3) is 0 Å². The van der Waals surface area contributed by atoms with Gasteiger partial charge in [0.15, 0.2) is 0 Å². The van der Waals surface area contributed by atoms with Gasteiger partial charge in [-0.15, -0.1) is 11.3 Å². The maximum Gasteiger partial charge on any atom is 0.341 e. The first-order valence-corrected chi connectivity index (χ1v) is 11.6. The molecule has 2 heterocycles. The van der Waals surface area contributed by atoms with E-state index in [0.29, 0.717) is 17.2 Å². The first kappa shape index (κ1) is 22.0. The highest BCUT2D eigenvalue weighted by Crippen LogP contribution is 2.38. The molecule has 0 saturated heterocycles. The number of fused-ring (bicyclic) bond motifs is 1. The van der Waals surface area contributed by atoms with Crippen molar-refractivity contribution in [3.8, 4) is 0 Å². The molecule has 1 N–H and O–H groups in total. The van der Waals surface area contributed by atoms with Gasteiger partial charge in [-0.2, -0.15) is 0 Å². The lowest BCUT2D eigenvalue weighted by Crippen LogP contribution is -2.29. The summed E-state index contributed by atoms with van der Waals surface area (Å²) in [4.78, 5) is 28.8. The van der Waals surface area contributed by atoms with Crippen LogP contribution in [0.15, 0.2) is 66.7 Å². The summed E-state index contributed by atoms with van der Waals surface area (Å²) >= 11 is 1.47. The van der Waals surface area contributed by atoms with Gasteiger partial charge in [0.05, 0.1) is 12.2 Å². The molecule has 1 aromatic heterocycles. The van der Waals surface area contributed by atoms with E-state index in [1.54, 1.807) is 13.0 Å². The minimum absolute atomic E-state index is 0.265. The molecule has 0 spiro atoms. The molecule has 6 heteroatoms. The molecule has 32 heavy (non-hydrogen) atoms. The van der Waals surface area contributed by atoms with Crippen molar-refractivity contribution in [3.63, 3.8) is 0 Å². The van der Waals surface area contributed by atoms with Gasteiger partial charge < -0.3 is 10.1 Å². The third-order valence-corrected chi connectivity index (χ3v) is 6.46. The minimum Gasteiger partial charge on any atom is -0.462 e. The highest BCUT2D eigenvalue weighted by Gasteiger charge is 2.29. The topological polar surface area (TPSA) is 58.6 Å². The minimum atomic E-state index is -0.371. The molecule has 164 valence electrons. The van der Waals surface area contributed by atoms with E-state index >= 15 is 0 Å². The molecule has 1 aliphatic heterocycles. The van der Waals surface area contributed by atoms with Crippen LogP contribution >= 0.6 is 11.3 Å². The number of carbonyl (C=O) groups excluding carboxylic acids is 2. The van der Waals surface area contributed by atoms with Crippen LogP contribution in [0, 0.1) is 0 Å². The molecule has 0 atom stereocenters. The zero-order chi connectivity index (χ0) is 22.3. The van der Waals surface area contributed by atoms with Crippen molar-refractivity contribution >= 4 is 34.3 Å². The predicted molar refractivity (Wildman–Crippen MR) is 129 cm³/mol. The summed E-state index contributed by atoms with van der Waals surface area (Å²) < 4.78 is 5.31. The Morgan fingerprint density at radius 3 is 2.53 bits per heavy atom. The Morgan fingerprint density at radius 2 is 1.81 bits per heavy atom. The Labute approximate surface area is 192 Å². The van der Waals surface area contributed by atoms with Crippen LogP contribution in [0.25, 0.3) is 6.08 Å². The van der Waals surface area contributed by atoms with Crippen LogP contribution in [-0.2, 0) is 29.0 Å².